The molecule has 3 aliphatic rings. The molecule has 9 nitrogen and oxygen atoms in total. The number of rotatable bonds is 6. The summed E-state index contributed by atoms with van der Waals surface area (Å²) in [6, 6.07) is 7.01. The van der Waals surface area contributed by atoms with Gasteiger partial charge in [-0.1, -0.05) is 32.0 Å². The molecule has 1 aromatic rings. The van der Waals surface area contributed by atoms with Crippen LogP contribution in [-0.4, -0.2) is 58.9 Å². The molecule has 0 radical (unpaired) electrons. The Morgan fingerprint density at radius 2 is 1.92 bits per heavy atom. The lowest BCUT2D eigenvalue weighted by Crippen LogP contribution is -2.58. The SMILES string of the molecule is CC(C)C[C@H](NC(=O)C1(NC(=O)C(F)(F)F)CC1)C(=O)N1C[C@]2(C[C@H]1C#N)C(=O)Nc1ccccc12. The number of hydrogen-bond acceptors (Lipinski definition) is 5. The fourth-order valence-corrected chi connectivity index (χ4v) is 5.00. The van der Waals surface area contributed by atoms with Crippen LogP contribution in [0.5, 0.6) is 0 Å². The summed E-state index contributed by atoms with van der Waals surface area (Å²) in [6.45, 7) is 3.53. The third kappa shape index (κ3) is 4.38. The zero-order valence-corrected chi connectivity index (χ0v) is 19.7. The van der Waals surface area contributed by atoms with E-state index in [-0.39, 0.29) is 44.1 Å². The number of carbonyl (C=O) groups is 4. The highest BCUT2D eigenvalue weighted by Crippen LogP contribution is 2.46. The van der Waals surface area contributed by atoms with Crippen LogP contribution in [0.1, 0.15) is 45.1 Å². The molecule has 3 atom stereocenters. The van der Waals surface area contributed by atoms with Crippen LogP contribution in [0, 0.1) is 17.2 Å². The first kappa shape index (κ1) is 25.5. The third-order valence-electron chi connectivity index (χ3n) is 7.02. The van der Waals surface area contributed by atoms with Crippen molar-refractivity contribution < 1.29 is 32.3 Å². The Hall–Kier alpha value is -3.62. The molecule has 2 aliphatic heterocycles. The van der Waals surface area contributed by atoms with Crippen LogP contribution in [0.25, 0.3) is 0 Å². The Kier molecular flexibility index (Phi) is 6.22. The minimum atomic E-state index is -5.15. The molecule has 2 heterocycles. The van der Waals surface area contributed by atoms with Crippen LogP contribution < -0.4 is 16.0 Å². The summed E-state index contributed by atoms with van der Waals surface area (Å²) in [5.74, 6) is -4.12. The number of carbonyl (C=O) groups excluding carboxylic acids is 4. The van der Waals surface area contributed by atoms with Crippen molar-refractivity contribution in [2.75, 3.05) is 11.9 Å². The van der Waals surface area contributed by atoms with Crippen LogP contribution in [-0.2, 0) is 24.6 Å². The summed E-state index contributed by atoms with van der Waals surface area (Å²) < 4.78 is 38.2. The van der Waals surface area contributed by atoms with Gasteiger partial charge in [-0.25, -0.2) is 0 Å². The predicted molar refractivity (Wildman–Crippen MR) is 120 cm³/mol. The fourth-order valence-electron chi connectivity index (χ4n) is 5.00. The summed E-state index contributed by atoms with van der Waals surface area (Å²) in [4.78, 5) is 52.2. The molecule has 1 aromatic carbocycles. The molecule has 36 heavy (non-hydrogen) atoms. The van der Waals surface area contributed by atoms with E-state index in [4.69, 9.17) is 0 Å². The lowest BCUT2D eigenvalue weighted by Gasteiger charge is -2.29. The Morgan fingerprint density at radius 1 is 1.25 bits per heavy atom. The van der Waals surface area contributed by atoms with E-state index in [0.717, 1.165) is 0 Å². The van der Waals surface area contributed by atoms with Crippen molar-refractivity contribution in [3.8, 4) is 6.07 Å². The summed E-state index contributed by atoms with van der Waals surface area (Å²) in [5.41, 5.74) is -1.55. The second kappa shape index (κ2) is 8.80. The maximum atomic E-state index is 13.6. The standard InChI is InChI=1S/C24H26F3N5O4/c1-13(2)9-17(30-20(35)23(7-8-23)31-21(36)24(25,26)27)18(33)32-12-22(10-14(32)11-28)15-5-3-4-6-16(15)29-19(22)34/h3-6,13-14,17H,7-10,12H2,1-2H3,(H,29,34)(H,30,35)(H,31,36)/t14-,17-,22-/m0/s1. The number of nitrogens with zero attached hydrogens (tertiary/aromatic N) is 2. The van der Waals surface area contributed by atoms with Crippen molar-refractivity contribution >= 4 is 29.3 Å². The summed E-state index contributed by atoms with van der Waals surface area (Å²) in [6.07, 6.45) is -4.91. The molecule has 1 spiro atoms. The molecule has 4 amide bonds. The van der Waals surface area contributed by atoms with Gasteiger partial charge in [-0.3, -0.25) is 19.2 Å². The maximum absolute atomic E-state index is 13.6. The van der Waals surface area contributed by atoms with E-state index in [1.807, 2.05) is 0 Å². The number of hydrogen-bond donors (Lipinski definition) is 3. The highest BCUT2D eigenvalue weighted by atomic mass is 19.4. The molecule has 1 aliphatic carbocycles. The molecule has 0 aromatic heterocycles. The monoisotopic (exact) mass is 505 g/mol. The van der Waals surface area contributed by atoms with E-state index in [1.165, 1.54) is 4.90 Å². The van der Waals surface area contributed by atoms with Gasteiger partial charge < -0.3 is 20.9 Å². The molecular weight excluding hydrogens is 479 g/mol. The lowest BCUT2D eigenvalue weighted by atomic mass is 9.80. The second-order valence-corrected chi connectivity index (χ2v) is 10.1. The molecule has 3 N–H and O–H groups in total. The molecule has 12 heteroatoms. The largest absolute Gasteiger partial charge is 0.471 e. The molecular formula is C24H26F3N5O4. The molecule has 4 rings (SSSR count). The molecule has 192 valence electrons. The van der Waals surface area contributed by atoms with Crippen LogP contribution in [0.4, 0.5) is 18.9 Å². The minimum Gasteiger partial charge on any atom is -0.342 e. The van der Waals surface area contributed by atoms with Crippen molar-refractivity contribution in [1.29, 1.82) is 5.26 Å². The number of alkyl halides is 3. The summed E-state index contributed by atoms with van der Waals surface area (Å²) >= 11 is 0. The first-order chi connectivity index (χ1) is 16.8. The third-order valence-corrected chi connectivity index (χ3v) is 7.02. The highest BCUT2D eigenvalue weighted by Gasteiger charge is 2.58. The number of fused-ring (bicyclic) bond motifs is 2. The van der Waals surface area contributed by atoms with Gasteiger partial charge in [0.05, 0.1) is 11.5 Å². The van der Waals surface area contributed by atoms with Crippen LogP contribution in [0.2, 0.25) is 0 Å². The van der Waals surface area contributed by atoms with Crippen molar-refractivity contribution in [3.05, 3.63) is 29.8 Å². The molecule has 1 saturated carbocycles. The van der Waals surface area contributed by atoms with Gasteiger partial charge in [0, 0.05) is 18.7 Å². The molecule has 0 bridgehead atoms. The molecule has 0 unspecified atom stereocenters. The Balaban J connectivity index is 1.56. The Labute approximate surface area is 205 Å². The number of benzene rings is 1. The number of para-hydroxylation sites is 1. The number of anilines is 1. The Morgan fingerprint density at radius 3 is 2.50 bits per heavy atom. The van der Waals surface area contributed by atoms with E-state index in [0.29, 0.717) is 11.3 Å². The van der Waals surface area contributed by atoms with Gasteiger partial charge in [-0.05, 0) is 36.8 Å². The van der Waals surface area contributed by atoms with E-state index >= 15 is 0 Å². The van der Waals surface area contributed by atoms with Gasteiger partial charge in [0.1, 0.15) is 17.6 Å². The van der Waals surface area contributed by atoms with E-state index in [2.05, 4.69) is 16.7 Å². The minimum absolute atomic E-state index is 0.00778. The second-order valence-electron chi connectivity index (χ2n) is 10.1. The molecule has 1 saturated heterocycles. The van der Waals surface area contributed by atoms with Crippen LogP contribution in [0.3, 0.4) is 0 Å². The van der Waals surface area contributed by atoms with Crippen LogP contribution in [0.15, 0.2) is 24.3 Å². The normalized spacial score (nSPS) is 24.6. The van der Waals surface area contributed by atoms with Crippen molar-refractivity contribution in [2.45, 2.75) is 68.7 Å². The number of amides is 4. The summed E-state index contributed by atoms with van der Waals surface area (Å²) in [5, 5.41) is 16.9. The topological polar surface area (TPSA) is 131 Å². The number of halogens is 3. The highest BCUT2D eigenvalue weighted by molar-refractivity contribution is 6.07. The van der Waals surface area contributed by atoms with Crippen molar-refractivity contribution in [2.24, 2.45) is 5.92 Å². The number of likely N-dealkylation sites (tertiary alicyclic amines) is 1. The lowest BCUT2D eigenvalue weighted by molar-refractivity contribution is -0.175. The van der Waals surface area contributed by atoms with E-state index in [1.54, 1.807) is 43.4 Å². The van der Waals surface area contributed by atoms with Crippen molar-refractivity contribution in [1.82, 2.24) is 15.5 Å². The first-order valence-electron chi connectivity index (χ1n) is 11.6. The fraction of sp³-hybridized carbons (Fsp3) is 0.542. The predicted octanol–water partition coefficient (Wildman–Crippen LogP) is 1.74. The van der Waals surface area contributed by atoms with E-state index in [9.17, 15) is 37.6 Å². The maximum Gasteiger partial charge on any atom is 0.471 e. The zero-order chi connectivity index (χ0) is 26.5. The molecule has 2 fully saturated rings. The van der Waals surface area contributed by atoms with Gasteiger partial charge in [-0.15, -0.1) is 0 Å². The Bertz CT molecular complexity index is 1160. The number of nitrogens with one attached hydrogen (secondary N) is 3. The smallest absolute Gasteiger partial charge is 0.342 e. The number of nitriles is 1. The van der Waals surface area contributed by atoms with Gasteiger partial charge in [-0.2, -0.15) is 18.4 Å². The van der Waals surface area contributed by atoms with Crippen LogP contribution >= 0.6 is 0 Å². The van der Waals surface area contributed by atoms with Gasteiger partial charge in [0.15, 0.2) is 0 Å². The van der Waals surface area contributed by atoms with Gasteiger partial charge in [0.2, 0.25) is 17.7 Å². The summed E-state index contributed by atoms with van der Waals surface area (Å²) in [7, 11) is 0. The average Bonchev–Trinajstić information content (AvgIpc) is 3.40. The van der Waals surface area contributed by atoms with Gasteiger partial charge >= 0.3 is 12.1 Å². The zero-order valence-electron chi connectivity index (χ0n) is 19.7. The van der Waals surface area contributed by atoms with Gasteiger partial charge in [0.25, 0.3) is 0 Å². The average molecular weight is 505 g/mol. The van der Waals surface area contributed by atoms with Crippen molar-refractivity contribution in [3.63, 3.8) is 0 Å². The quantitative estimate of drug-likeness (QED) is 0.542. The first-order valence-corrected chi connectivity index (χ1v) is 11.6. The van der Waals surface area contributed by atoms with E-state index < -0.39 is 46.9 Å².